The van der Waals surface area contributed by atoms with E-state index in [0.717, 1.165) is 64.6 Å². The average Bonchev–Trinajstić information content (AvgIpc) is 3.67. The van der Waals surface area contributed by atoms with Gasteiger partial charge in [-0.25, -0.2) is 4.68 Å². The molecule has 0 aliphatic heterocycles. The Bertz CT molecular complexity index is 1690. The van der Waals surface area contributed by atoms with Gasteiger partial charge in [-0.3, -0.25) is 14.7 Å². The molecule has 0 unspecified atom stereocenters. The molecule has 1 fully saturated rings. The molecular weight excluding hydrogens is 514 g/mol. The maximum Gasteiger partial charge on any atom is 0.253 e. The van der Waals surface area contributed by atoms with Crippen LogP contribution in [0.4, 0.5) is 0 Å². The Hall–Kier alpha value is -4.37. The second kappa shape index (κ2) is 11.6. The summed E-state index contributed by atoms with van der Waals surface area (Å²) in [7, 11) is 1.66. The number of fused-ring (bicyclic) bond motifs is 1. The maximum absolute atomic E-state index is 13.9. The van der Waals surface area contributed by atoms with Crippen LogP contribution >= 0.6 is 0 Å². The summed E-state index contributed by atoms with van der Waals surface area (Å²) < 4.78 is 7.36. The molecule has 1 atom stereocenters. The zero-order chi connectivity index (χ0) is 28.3. The molecule has 0 radical (unpaired) electrons. The van der Waals surface area contributed by atoms with Crippen LogP contribution in [0.1, 0.15) is 71.4 Å². The van der Waals surface area contributed by atoms with Gasteiger partial charge in [0.2, 0.25) is 0 Å². The van der Waals surface area contributed by atoms with Crippen LogP contribution in [0.3, 0.4) is 0 Å². The number of benzene rings is 2. The molecule has 0 spiro atoms. The topological polar surface area (TPSA) is 102 Å². The van der Waals surface area contributed by atoms with E-state index in [1.54, 1.807) is 13.3 Å². The Kier molecular flexibility index (Phi) is 7.61. The van der Waals surface area contributed by atoms with Crippen molar-refractivity contribution in [2.75, 3.05) is 7.11 Å². The van der Waals surface area contributed by atoms with Gasteiger partial charge >= 0.3 is 0 Å². The number of hydrogen-bond donors (Lipinski definition) is 1. The number of ether oxygens (including phenoxy) is 1. The van der Waals surface area contributed by atoms with Crippen molar-refractivity contribution < 1.29 is 4.74 Å². The largest absolute Gasteiger partial charge is 0.497 e. The third-order valence-electron chi connectivity index (χ3n) is 8.09. The summed E-state index contributed by atoms with van der Waals surface area (Å²) in [6.07, 6.45) is 7.99. The monoisotopic (exact) mass is 549 g/mol. The molecule has 9 nitrogen and oxygen atoms in total. The highest BCUT2D eigenvalue weighted by Gasteiger charge is 2.33. The normalized spacial score (nSPS) is 14.6. The number of hydrogen-bond acceptors (Lipinski definition) is 7. The predicted molar refractivity (Wildman–Crippen MR) is 158 cm³/mol. The second-order valence-electron chi connectivity index (χ2n) is 11.0. The zero-order valence-corrected chi connectivity index (χ0v) is 23.7. The molecule has 6 rings (SSSR count). The number of rotatable bonds is 9. The maximum atomic E-state index is 13.9. The van der Waals surface area contributed by atoms with Gasteiger partial charge in [-0.1, -0.05) is 37.1 Å². The summed E-state index contributed by atoms with van der Waals surface area (Å²) in [5.74, 6) is 1.48. The van der Waals surface area contributed by atoms with Gasteiger partial charge in [0.1, 0.15) is 11.8 Å². The van der Waals surface area contributed by atoms with Crippen molar-refractivity contribution in [1.29, 1.82) is 0 Å². The Labute approximate surface area is 239 Å². The highest BCUT2D eigenvalue weighted by atomic mass is 16.5. The molecule has 1 aliphatic rings. The first-order chi connectivity index (χ1) is 20.0. The van der Waals surface area contributed by atoms with Crippen molar-refractivity contribution in [3.05, 3.63) is 111 Å². The lowest BCUT2D eigenvalue weighted by atomic mass is 9.99. The third kappa shape index (κ3) is 5.63. The lowest BCUT2D eigenvalue weighted by molar-refractivity contribution is 0.190. The van der Waals surface area contributed by atoms with E-state index in [1.165, 1.54) is 0 Å². The van der Waals surface area contributed by atoms with Gasteiger partial charge < -0.3 is 9.72 Å². The minimum absolute atomic E-state index is 0.139. The van der Waals surface area contributed by atoms with Crippen molar-refractivity contribution in [2.24, 2.45) is 0 Å². The number of H-pyrrole nitrogens is 1. The number of tetrazole rings is 1. The molecule has 9 heteroatoms. The molecule has 3 heterocycles. The summed E-state index contributed by atoms with van der Waals surface area (Å²) in [6.45, 7) is 5.24. The van der Waals surface area contributed by atoms with Crippen LogP contribution in [-0.2, 0) is 13.1 Å². The Morgan fingerprint density at radius 3 is 2.56 bits per heavy atom. The van der Waals surface area contributed by atoms with E-state index in [0.29, 0.717) is 24.5 Å². The van der Waals surface area contributed by atoms with Crippen LogP contribution in [0.5, 0.6) is 5.75 Å². The molecule has 3 aromatic heterocycles. The van der Waals surface area contributed by atoms with E-state index in [9.17, 15) is 4.79 Å². The molecule has 1 N–H and O–H groups in total. The average molecular weight is 550 g/mol. The number of nitrogens with one attached hydrogen (secondary N) is 1. The van der Waals surface area contributed by atoms with Gasteiger partial charge in [0.25, 0.3) is 5.56 Å². The predicted octanol–water partition coefficient (Wildman–Crippen LogP) is 5.44. The van der Waals surface area contributed by atoms with E-state index >= 15 is 0 Å². The highest BCUT2D eigenvalue weighted by Crippen LogP contribution is 2.35. The fourth-order valence-corrected chi connectivity index (χ4v) is 6.11. The first-order valence-corrected chi connectivity index (χ1v) is 14.2. The minimum atomic E-state index is -0.498. The molecule has 0 saturated heterocycles. The Morgan fingerprint density at radius 1 is 1.05 bits per heavy atom. The lowest BCUT2D eigenvalue weighted by Gasteiger charge is -2.32. The van der Waals surface area contributed by atoms with Gasteiger partial charge in [-0.05, 0) is 89.7 Å². The van der Waals surface area contributed by atoms with Crippen molar-refractivity contribution in [3.63, 3.8) is 0 Å². The van der Waals surface area contributed by atoms with Crippen molar-refractivity contribution in [3.8, 4) is 5.75 Å². The van der Waals surface area contributed by atoms with E-state index in [1.807, 2.05) is 48.1 Å². The first kappa shape index (κ1) is 26.8. The fourth-order valence-electron chi connectivity index (χ4n) is 6.11. The number of pyridine rings is 2. The lowest BCUT2D eigenvalue weighted by Crippen LogP contribution is -2.35. The Balaban J connectivity index is 1.54. The number of aromatic amines is 1. The van der Waals surface area contributed by atoms with Crippen LogP contribution in [-0.4, -0.2) is 42.2 Å². The zero-order valence-electron chi connectivity index (χ0n) is 23.7. The van der Waals surface area contributed by atoms with E-state index in [2.05, 4.69) is 61.6 Å². The van der Waals surface area contributed by atoms with Crippen molar-refractivity contribution >= 4 is 10.9 Å². The van der Waals surface area contributed by atoms with Crippen molar-refractivity contribution in [2.45, 2.75) is 64.7 Å². The summed E-state index contributed by atoms with van der Waals surface area (Å²) in [4.78, 5) is 23.7. The molecule has 1 aliphatic carbocycles. The third-order valence-corrected chi connectivity index (χ3v) is 8.09. The van der Waals surface area contributed by atoms with Gasteiger partial charge in [-0.2, -0.15) is 0 Å². The number of methoxy groups -OCH3 is 1. The van der Waals surface area contributed by atoms with E-state index in [-0.39, 0.29) is 11.6 Å². The van der Waals surface area contributed by atoms with E-state index < -0.39 is 6.04 Å². The van der Waals surface area contributed by atoms with Crippen LogP contribution in [0.15, 0.2) is 71.8 Å². The van der Waals surface area contributed by atoms with E-state index in [4.69, 9.17) is 4.74 Å². The fraction of sp³-hybridized carbons (Fsp3) is 0.344. The van der Waals surface area contributed by atoms with Gasteiger partial charge in [0.15, 0.2) is 5.82 Å². The molecule has 1 saturated carbocycles. The number of aromatic nitrogens is 6. The summed E-state index contributed by atoms with van der Waals surface area (Å²) in [6, 6.07) is 18.0. The molecule has 2 aromatic carbocycles. The summed E-state index contributed by atoms with van der Waals surface area (Å²) in [5.41, 5.74) is 5.66. The van der Waals surface area contributed by atoms with Crippen LogP contribution in [0.25, 0.3) is 10.9 Å². The number of nitrogens with zero attached hydrogens (tertiary/aromatic N) is 6. The minimum Gasteiger partial charge on any atom is -0.497 e. The molecular formula is C32H35N7O2. The smallest absolute Gasteiger partial charge is 0.253 e. The standard InChI is InChI=1S/C32H35N7O2/c1-21-15-22(2)27-17-28(32(40)34-29(27)16-21)30(31-35-36-37-39(31)25-8-4-5-9-25)38(20-24-7-6-14-33-18-24)19-23-10-12-26(41-3)13-11-23/h6-7,10-18,25,30H,4-5,8-9,19-20H2,1-3H3,(H,34,40)/t30-/m1/s1. The van der Waals surface area contributed by atoms with Gasteiger partial charge in [0.05, 0.1) is 13.2 Å². The second-order valence-corrected chi connectivity index (χ2v) is 11.0. The van der Waals surface area contributed by atoms with Crippen molar-refractivity contribution in [1.82, 2.24) is 35.1 Å². The molecule has 210 valence electrons. The van der Waals surface area contributed by atoms with Gasteiger partial charge in [0, 0.05) is 41.9 Å². The Morgan fingerprint density at radius 2 is 1.83 bits per heavy atom. The molecule has 41 heavy (non-hydrogen) atoms. The molecule has 5 aromatic rings. The number of aryl methyl sites for hydroxylation is 2. The van der Waals surface area contributed by atoms with Gasteiger partial charge in [-0.15, -0.1) is 5.10 Å². The van der Waals surface area contributed by atoms with Crippen LogP contribution in [0, 0.1) is 13.8 Å². The first-order valence-electron chi connectivity index (χ1n) is 14.2. The van der Waals surface area contributed by atoms with Crippen LogP contribution < -0.4 is 10.3 Å². The SMILES string of the molecule is COc1ccc(CN(Cc2cccnc2)[C@H](c2cc3c(C)cc(C)cc3[nH]c2=O)c2nnnn2C2CCCC2)cc1. The summed E-state index contributed by atoms with van der Waals surface area (Å²) in [5, 5.41) is 14.2. The molecule has 0 bridgehead atoms. The van der Waals surface area contributed by atoms with Crippen LogP contribution in [0.2, 0.25) is 0 Å². The highest BCUT2D eigenvalue weighted by molar-refractivity contribution is 5.83. The molecule has 0 amide bonds. The summed E-state index contributed by atoms with van der Waals surface area (Å²) >= 11 is 0. The quantitative estimate of drug-likeness (QED) is 0.261.